The molecule has 0 saturated heterocycles. The first-order chi connectivity index (χ1) is 11.4. The normalized spacial score (nSPS) is 12.5. The topological polar surface area (TPSA) is 80.5 Å². The van der Waals surface area contributed by atoms with Crippen molar-refractivity contribution in [3.05, 3.63) is 30.2 Å². The minimum atomic E-state index is -0.164. The quantitative estimate of drug-likeness (QED) is 0.838. The van der Waals surface area contributed by atoms with Gasteiger partial charge in [-0.3, -0.25) is 9.69 Å². The SMILES string of the molecule is COc1ccc(-c2nnc([C@@H](C)N(C)CC(=O)NC(C)C)o2)cc1. The third kappa shape index (κ3) is 4.55. The van der Waals surface area contributed by atoms with Crippen molar-refractivity contribution in [1.29, 1.82) is 0 Å². The summed E-state index contributed by atoms with van der Waals surface area (Å²) in [5.41, 5.74) is 0.821. The number of aromatic nitrogens is 2. The van der Waals surface area contributed by atoms with Crippen molar-refractivity contribution in [3.63, 3.8) is 0 Å². The summed E-state index contributed by atoms with van der Waals surface area (Å²) >= 11 is 0. The van der Waals surface area contributed by atoms with Crippen LogP contribution in [-0.2, 0) is 4.79 Å². The maximum Gasteiger partial charge on any atom is 0.247 e. The van der Waals surface area contributed by atoms with Crippen molar-refractivity contribution < 1.29 is 13.9 Å². The number of nitrogens with one attached hydrogen (secondary N) is 1. The largest absolute Gasteiger partial charge is 0.497 e. The summed E-state index contributed by atoms with van der Waals surface area (Å²) in [5.74, 6) is 1.65. The highest BCUT2D eigenvalue weighted by molar-refractivity contribution is 5.78. The summed E-state index contributed by atoms with van der Waals surface area (Å²) in [5, 5.41) is 11.1. The van der Waals surface area contributed by atoms with Crippen LogP contribution in [0.1, 0.15) is 32.7 Å². The van der Waals surface area contributed by atoms with Gasteiger partial charge in [-0.1, -0.05) is 0 Å². The van der Waals surface area contributed by atoms with E-state index in [-0.39, 0.29) is 24.5 Å². The Morgan fingerprint density at radius 1 is 1.25 bits per heavy atom. The van der Waals surface area contributed by atoms with E-state index in [0.717, 1.165) is 11.3 Å². The molecule has 1 N–H and O–H groups in total. The van der Waals surface area contributed by atoms with Gasteiger partial charge in [0.25, 0.3) is 0 Å². The highest BCUT2D eigenvalue weighted by atomic mass is 16.5. The molecule has 130 valence electrons. The molecule has 0 aliphatic heterocycles. The van der Waals surface area contributed by atoms with Crippen LogP contribution >= 0.6 is 0 Å². The summed E-state index contributed by atoms with van der Waals surface area (Å²) in [6.07, 6.45) is 0. The Morgan fingerprint density at radius 2 is 1.92 bits per heavy atom. The molecule has 0 fully saturated rings. The molecule has 2 aromatic rings. The fourth-order valence-electron chi connectivity index (χ4n) is 2.17. The summed E-state index contributed by atoms with van der Waals surface area (Å²) in [6.45, 7) is 6.05. The van der Waals surface area contributed by atoms with Gasteiger partial charge >= 0.3 is 0 Å². The van der Waals surface area contributed by atoms with Crippen molar-refractivity contribution in [2.24, 2.45) is 0 Å². The highest BCUT2D eigenvalue weighted by Gasteiger charge is 2.21. The minimum absolute atomic E-state index is 0.0331. The van der Waals surface area contributed by atoms with E-state index < -0.39 is 0 Å². The fraction of sp³-hybridized carbons (Fsp3) is 0.471. The molecule has 24 heavy (non-hydrogen) atoms. The lowest BCUT2D eigenvalue weighted by Gasteiger charge is -2.21. The lowest BCUT2D eigenvalue weighted by atomic mass is 10.2. The Labute approximate surface area is 142 Å². The Balaban J connectivity index is 2.04. The van der Waals surface area contributed by atoms with E-state index in [9.17, 15) is 4.79 Å². The molecule has 1 amide bonds. The number of amides is 1. The maximum atomic E-state index is 11.9. The second kappa shape index (κ2) is 7.92. The molecule has 7 heteroatoms. The van der Waals surface area contributed by atoms with Crippen LogP contribution in [0.3, 0.4) is 0 Å². The van der Waals surface area contributed by atoms with Crippen molar-refractivity contribution in [3.8, 4) is 17.2 Å². The molecule has 1 atom stereocenters. The van der Waals surface area contributed by atoms with Gasteiger partial charge in [0, 0.05) is 11.6 Å². The van der Waals surface area contributed by atoms with Gasteiger partial charge in [-0.25, -0.2) is 0 Å². The predicted molar refractivity (Wildman–Crippen MR) is 90.6 cm³/mol. The van der Waals surface area contributed by atoms with E-state index in [1.165, 1.54) is 0 Å². The van der Waals surface area contributed by atoms with Gasteiger partial charge in [0.15, 0.2) is 0 Å². The lowest BCUT2D eigenvalue weighted by molar-refractivity contribution is -0.122. The predicted octanol–water partition coefficient (Wildman–Crippen LogP) is 2.26. The van der Waals surface area contributed by atoms with Crippen LogP contribution in [0.4, 0.5) is 0 Å². The molecule has 7 nitrogen and oxygen atoms in total. The van der Waals surface area contributed by atoms with Gasteiger partial charge in [-0.2, -0.15) is 0 Å². The van der Waals surface area contributed by atoms with Crippen molar-refractivity contribution in [2.75, 3.05) is 20.7 Å². The molecule has 0 saturated carbocycles. The summed E-state index contributed by atoms with van der Waals surface area (Å²) in [6, 6.07) is 7.35. The number of carbonyl (C=O) groups excluding carboxylic acids is 1. The number of likely N-dealkylation sites (N-methyl/N-ethyl adjacent to an activating group) is 1. The summed E-state index contributed by atoms with van der Waals surface area (Å²) < 4.78 is 10.9. The first-order valence-corrected chi connectivity index (χ1v) is 7.88. The molecule has 0 bridgehead atoms. The molecule has 2 rings (SSSR count). The van der Waals surface area contributed by atoms with Crippen LogP contribution in [0.2, 0.25) is 0 Å². The van der Waals surface area contributed by atoms with E-state index in [2.05, 4.69) is 15.5 Å². The highest BCUT2D eigenvalue weighted by Crippen LogP contribution is 2.24. The fourth-order valence-corrected chi connectivity index (χ4v) is 2.17. The molecule has 1 heterocycles. The zero-order chi connectivity index (χ0) is 17.7. The van der Waals surface area contributed by atoms with Crippen LogP contribution in [0.5, 0.6) is 5.75 Å². The Morgan fingerprint density at radius 3 is 2.50 bits per heavy atom. The van der Waals surface area contributed by atoms with Gasteiger partial charge in [0.1, 0.15) is 5.75 Å². The molecule has 0 aliphatic carbocycles. The summed E-state index contributed by atoms with van der Waals surface area (Å²) in [7, 11) is 3.47. The number of hydrogen-bond donors (Lipinski definition) is 1. The third-order valence-corrected chi connectivity index (χ3v) is 3.64. The van der Waals surface area contributed by atoms with Crippen LogP contribution < -0.4 is 10.1 Å². The average Bonchev–Trinajstić information content (AvgIpc) is 3.03. The minimum Gasteiger partial charge on any atom is -0.497 e. The molecule has 0 unspecified atom stereocenters. The van der Waals surface area contributed by atoms with E-state index in [1.807, 2.05) is 57.0 Å². The van der Waals surface area contributed by atoms with Crippen molar-refractivity contribution in [1.82, 2.24) is 20.4 Å². The van der Waals surface area contributed by atoms with Crippen molar-refractivity contribution in [2.45, 2.75) is 32.9 Å². The lowest BCUT2D eigenvalue weighted by Crippen LogP contribution is -2.39. The molecule has 1 aromatic heterocycles. The average molecular weight is 332 g/mol. The molecular weight excluding hydrogens is 308 g/mol. The first kappa shape index (κ1) is 17.9. The van der Waals surface area contributed by atoms with Gasteiger partial charge in [-0.15, -0.1) is 10.2 Å². The molecule has 0 aliphatic rings. The number of methoxy groups -OCH3 is 1. The van der Waals surface area contributed by atoms with E-state index in [1.54, 1.807) is 7.11 Å². The van der Waals surface area contributed by atoms with Gasteiger partial charge in [-0.05, 0) is 52.1 Å². The molecule has 0 spiro atoms. The number of nitrogens with zero attached hydrogens (tertiary/aromatic N) is 3. The zero-order valence-corrected chi connectivity index (χ0v) is 14.7. The Kier molecular flexibility index (Phi) is 5.92. The third-order valence-electron chi connectivity index (χ3n) is 3.64. The Hall–Kier alpha value is -2.41. The van der Waals surface area contributed by atoms with E-state index in [0.29, 0.717) is 11.8 Å². The van der Waals surface area contributed by atoms with E-state index >= 15 is 0 Å². The van der Waals surface area contributed by atoms with Crippen LogP contribution in [0, 0.1) is 0 Å². The summed E-state index contributed by atoms with van der Waals surface area (Å²) in [4.78, 5) is 13.7. The zero-order valence-electron chi connectivity index (χ0n) is 14.7. The smallest absolute Gasteiger partial charge is 0.247 e. The number of rotatable bonds is 7. The van der Waals surface area contributed by atoms with Crippen LogP contribution in [0.25, 0.3) is 11.5 Å². The second-order valence-corrected chi connectivity index (χ2v) is 5.99. The first-order valence-electron chi connectivity index (χ1n) is 7.88. The van der Waals surface area contributed by atoms with Crippen LogP contribution in [0.15, 0.2) is 28.7 Å². The number of carbonyl (C=O) groups is 1. The van der Waals surface area contributed by atoms with Crippen LogP contribution in [-0.4, -0.2) is 47.7 Å². The van der Waals surface area contributed by atoms with E-state index in [4.69, 9.17) is 9.15 Å². The molecular formula is C17H24N4O3. The van der Waals surface area contributed by atoms with Gasteiger partial charge < -0.3 is 14.5 Å². The van der Waals surface area contributed by atoms with Crippen molar-refractivity contribution >= 4 is 5.91 Å². The molecule has 1 aromatic carbocycles. The Bertz CT molecular complexity index is 667. The monoisotopic (exact) mass is 332 g/mol. The second-order valence-electron chi connectivity index (χ2n) is 5.99. The number of benzene rings is 1. The molecule has 0 radical (unpaired) electrons. The van der Waals surface area contributed by atoms with Gasteiger partial charge in [0.2, 0.25) is 17.7 Å². The number of ether oxygens (including phenoxy) is 1. The maximum absolute atomic E-state index is 11.9. The number of hydrogen-bond acceptors (Lipinski definition) is 6. The standard InChI is InChI=1S/C17H24N4O3/c1-11(2)18-15(22)10-21(4)12(3)16-19-20-17(24-16)13-6-8-14(23-5)9-7-13/h6-9,11-12H,10H2,1-5H3,(H,18,22)/t12-/m1/s1. The van der Waals surface area contributed by atoms with Gasteiger partial charge in [0.05, 0.1) is 19.7 Å².